The van der Waals surface area contributed by atoms with Gasteiger partial charge >= 0.3 is 0 Å². The average molecular weight is 258 g/mol. The lowest BCUT2D eigenvalue weighted by Gasteiger charge is -2.04. The fraction of sp³-hybridized carbons (Fsp3) is 0.700. The van der Waals surface area contributed by atoms with Gasteiger partial charge in [-0.2, -0.15) is 0 Å². The number of aromatic nitrogens is 2. The van der Waals surface area contributed by atoms with Crippen molar-refractivity contribution in [3.63, 3.8) is 0 Å². The van der Waals surface area contributed by atoms with Crippen LogP contribution >= 0.6 is 0 Å². The van der Waals surface area contributed by atoms with Gasteiger partial charge < -0.3 is 9.88 Å². The molecule has 1 aliphatic carbocycles. The lowest BCUT2D eigenvalue weighted by Crippen LogP contribution is -2.32. The Bertz CT molecular complexity index is 464. The van der Waals surface area contributed by atoms with E-state index in [1.165, 1.54) is 25.4 Å². The van der Waals surface area contributed by atoms with E-state index >= 15 is 0 Å². The van der Waals surface area contributed by atoms with Crippen LogP contribution in [0.15, 0.2) is 17.6 Å². The molecule has 0 aromatic carbocycles. The number of hydrogen-bond donors (Lipinski definition) is 2. The maximum Gasteiger partial charge on any atom is 0.259 e. The van der Waals surface area contributed by atoms with Crippen molar-refractivity contribution in [3.8, 4) is 0 Å². The van der Waals surface area contributed by atoms with Gasteiger partial charge in [-0.15, -0.1) is 0 Å². The molecule has 0 spiro atoms. The fourth-order valence-corrected chi connectivity index (χ4v) is 2.45. The predicted octanol–water partition coefficient (Wildman–Crippen LogP) is -0.0667. The van der Waals surface area contributed by atoms with Crippen LogP contribution < -0.4 is 10.0 Å². The molecule has 96 valence electrons. The highest BCUT2D eigenvalue weighted by atomic mass is 32.2. The SMILES string of the molecule is CCn1cnc(S(=O)(=O)NCCNC2CC2)c1. The highest BCUT2D eigenvalue weighted by molar-refractivity contribution is 7.89. The molecule has 0 unspecified atom stereocenters. The third kappa shape index (κ3) is 3.52. The maximum atomic E-state index is 11.8. The molecule has 0 aliphatic heterocycles. The first-order valence-corrected chi connectivity index (χ1v) is 7.35. The Hall–Kier alpha value is -0.920. The van der Waals surface area contributed by atoms with Gasteiger partial charge in [0, 0.05) is 31.9 Å². The van der Waals surface area contributed by atoms with Crippen LogP contribution in [0, 0.1) is 0 Å². The first-order chi connectivity index (χ1) is 8.12. The molecule has 2 rings (SSSR count). The van der Waals surface area contributed by atoms with Crippen LogP contribution in [0.4, 0.5) is 0 Å². The minimum Gasteiger partial charge on any atom is -0.336 e. The van der Waals surface area contributed by atoms with Crippen LogP contribution in [0.1, 0.15) is 19.8 Å². The van der Waals surface area contributed by atoms with Crippen molar-refractivity contribution in [1.29, 1.82) is 0 Å². The molecule has 1 aromatic rings. The molecular weight excluding hydrogens is 240 g/mol. The molecule has 0 atom stereocenters. The predicted molar refractivity (Wildman–Crippen MR) is 64.1 cm³/mol. The highest BCUT2D eigenvalue weighted by Gasteiger charge is 2.20. The smallest absolute Gasteiger partial charge is 0.259 e. The lowest BCUT2D eigenvalue weighted by molar-refractivity contribution is 0.572. The van der Waals surface area contributed by atoms with E-state index in [-0.39, 0.29) is 5.03 Å². The van der Waals surface area contributed by atoms with Gasteiger partial charge in [0.1, 0.15) is 0 Å². The second kappa shape index (κ2) is 5.16. The maximum absolute atomic E-state index is 11.8. The van der Waals surface area contributed by atoms with Crippen LogP contribution in [0.25, 0.3) is 0 Å². The molecule has 1 heterocycles. The van der Waals surface area contributed by atoms with E-state index in [4.69, 9.17) is 0 Å². The average Bonchev–Trinajstić information content (AvgIpc) is 2.98. The lowest BCUT2D eigenvalue weighted by atomic mass is 10.6. The highest BCUT2D eigenvalue weighted by Crippen LogP contribution is 2.17. The van der Waals surface area contributed by atoms with Crippen LogP contribution in [-0.2, 0) is 16.6 Å². The van der Waals surface area contributed by atoms with Gasteiger partial charge in [-0.25, -0.2) is 18.1 Å². The van der Waals surface area contributed by atoms with E-state index in [0.717, 1.165) is 0 Å². The van der Waals surface area contributed by atoms with Crippen LogP contribution in [0.2, 0.25) is 0 Å². The van der Waals surface area contributed by atoms with Crippen molar-refractivity contribution in [2.75, 3.05) is 13.1 Å². The fourth-order valence-electron chi connectivity index (χ4n) is 1.47. The molecule has 2 N–H and O–H groups in total. The van der Waals surface area contributed by atoms with Gasteiger partial charge in [-0.1, -0.05) is 0 Å². The standard InChI is InChI=1S/C10H18N4O2S/c1-2-14-7-10(12-8-14)17(15,16)13-6-5-11-9-3-4-9/h7-9,11,13H,2-6H2,1H3. The summed E-state index contributed by atoms with van der Waals surface area (Å²) in [5.41, 5.74) is 0. The molecule has 1 saturated carbocycles. The molecule has 0 bridgehead atoms. The number of sulfonamides is 1. The van der Waals surface area contributed by atoms with Gasteiger partial charge in [-0.3, -0.25) is 0 Å². The number of rotatable bonds is 7. The quantitative estimate of drug-likeness (QED) is 0.671. The zero-order valence-electron chi connectivity index (χ0n) is 9.89. The Labute approximate surface area is 101 Å². The molecule has 17 heavy (non-hydrogen) atoms. The largest absolute Gasteiger partial charge is 0.336 e. The summed E-state index contributed by atoms with van der Waals surface area (Å²) in [7, 11) is -3.45. The van der Waals surface area contributed by atoms with E-state index < -0.39 is 10.0 Å². The summed E-state index contributed by atoms with van der Waals surface area (Å²) < 4.78 is 27.9. The van der Waals surface area contributed by atoms with Crippen molar-refractivity contribution < 1.29 is 8.42 Å². The molecule has 0 radical (unpaired) electrons. The number of hydrogen-bond acceptors (Lipinski definition) is 4. The summed E-state index contributed by atoms with van der Waals surface area (Å²) in [6.45, 7) is 3.72. The second-order valence-corrected chi connectivity index (χ2v) is 5.88. The minimum absolute atomic E-state index is 0.0887. The molecule has 6 nitrogen and oxygen atoms in total. The van der Waals surface area contributed by atoms with Gasteiger partial charge in [0.2, 0.25) is 0 Å². The first kappa shape index (κ1) is 12.5. The molecule has 0 amide bonds. The second-order valence-electron chi connectivity index (χ2n) is 4.17. The number of imidazole rings is 1. The van der Waals surface area contributed by atoms with Crippen molar-refractivity contribution in [3.05, 3.63) is 12.5 Å². The Kier molecular flexibility index (Phi) is 3.80. The van der Waals surface area contributed by atoms with E-state index in [9.17, 15) is 8.42 Å². The minimum atomic E-state index is -3.45. The normalized spacial score (nSPS) is 16.3. The Balaban J connectivity index is 1.84. The van der Waals surface area contributed by atoms with E-state index in [0.29, 0.717) is 25.7 Å². The zero-order chi connectivity index (χ0) is 12.3. The number of nitrogens with zero attached hydrogens (tertiary/aromatic N) is 2. The Morgan fingerprint density at radius 1 is 1.47 bits per heavy atom. The van der Waals surface area contributed by atoms with E-state index in [1.807, 2.05) is 6.92 Å². The van der Waals surface area contributed by atoms with Crippen molar-refractivity contribution in [1.82, 2.24) is 19.6 Å². The van der Waals surface area contributed by atoms with Gasteiger partial charge in [0.25, 0.3) is 10.0 Å². The number of aryl methyl sites for hydroxylation is 1. The summed E-state index contributed by atoms with van der Waals surface area (Å²) in [5.74, 6) is 0. The molecule has 7 heteroatoms. The molecular formula is C10H18N4O2S. The molecule has 1 fully saturated rings. The van der Waals surface area contributed by atoms with Crippen molar-refractivity contribution >= 4 is 10.0 Å². The van der Waals surface area contributed by atoms with Crippen molar-refractivity contribution in [2.24, 2.45) is 0 Å². The molecule has 1 aromatic heterocycles. The van der Waals surface area contributed by atoms with Crippen LogP contribution in [0.3, 0.4) is 0 Å². The van der Waals surface area contributed by atoms with Gasteiger partial charge in [0.15, 0.2) is 5.03 Å². The Morgan fingerprint density at radius 3 is 2.82 bits per heavy atom. The van der Waals surface area contributed by atoms with Gasteiger partial charge in [-0.05, 0) is 19.8 Å². The first-order valence-electron chi connectivity index (χ1n) is 5.86. The summed E-state index contributed by atoms with van der Waals surface area (Å²) in [5, 5.41) is 3.33. The third-order valence-electron chi connectivity index (χ3n) is 2.68. The summed E-state index contributed by atoms with van der Waals surface area (Å²) in [6, 6.07) is 0.596. The summed E-state index contributed by atoms with van der Waals surface area (Å²) >= 11 is 0. The van der Waals surface area contributed by atoms with Crippen molar-refractivity contribution in [2.45, 2.75) is 37.4 Å². The summed E-state index contributed by atoms with van der Waals surface area (Å²) in [4.78, 5) is 3.88. The van der Waals surface area contributed by atoms with Crippen LogP contribution in [-0.4, -0.2) is 37.1 Å². The monoisotopic (exact) mass is 258 g/mol. The topological polar surface area (TPSA) is 76.0 Å². The zero-order valence-corrected chi connectivity index (χ0v) is 10.7. The Morgan fingerprint density at radius 2 is 2.24 bits per heavy atom. The third-order valence-corrected chi connectivity index (χ3v) is 4.02. The number of nitrogens with one attached hydrogen (secondary N) is 2. The molecule has 0 saturated heterocycles. The van der Waals surface area contributed by atoms with Crippen LogP contribution in [0.5, 0.6) is 0 Å². The van der Waals surface area contributed by atoms with E-state index in [1.54, 1.807) is 4.57 Å². The van der Waals surface area contributed by atoms with Gasteiger partial charge in [0.05, 0.1) is 6.33 Å². The van der Waals surface area contributed by atoms with E-state index in [2.05, 4.69) is 15.0 Å². The molecule has 1 aliphatic rings. The summed E-state index contributed by atoms with van der Waals surface area (Å²) in [6.07, 6.45) is 5.47.